The summed E-state index contributed by atoms with van der Waals surface area (Å²) in [5.74, 6) is 5.25. The molecule has 1 aliphatic heterocycles. The standard InChI is InChI=1S/C13H16N4S/c1-10-14-6-7-17(10)13-4-2-3-12(16-13)15-11-5-8-18-9-11/h2-4,6-7,11H,5,8-9H2,1H3,(H,15,16). The third kappa shape index (κ3) is 2.36. The first-order valence-corrected chi connectivity index (χ1v) is 7.30. The van der Waals surface area contributed by atoms with E-state index in [1.807, 2.05) is 47.6 Å². The Morgan fingerprint density at radius 3 is 3.11 bits per heavy atom. The van der Waals surface area contributed by atoms with Crippen molar-refractivity contribution in [2.45, 2.75) is 19.4 Å². The lowest BCUT2D eigenvalue weighted by atomic mass is 10.2. The Labute approximate surface area is 111 Å². The molecule has 1 unspecified atom stereocenters. The molecule has 3 heterocycles. The normalized spacial score (nSPS) is 19.1. The molecule has 2 aromatic rings. The molecular formula is C13H16N4S. The number of hydrogen-bond donors (Lipinski definition) is 1. The summed E-state index contributed by atoms with van der Waals surface area (Å²) in [6, 6.07) is 6.62. The molecule has 1 atom stereocenters. The second-order valence-electron chi connectivity index (χ2n) is 4.43. The molecule has 1 aliphatic rings. The molecule has 0 spiro atoms. The van der Waals surface area contributed by atoms with Gasteiger partial charge >= 0.3 is 0 Å². The zero-order valence-electron chi connectivity index (χ0n) is 10.3. The minimum absolute atomic E-state index is 0.557. The summed E-state index contributed by atoms with van der Waals surface area (Å²) in [5.41, 5.74) is 0. The number of pyridine rings is 1. The minimum atomic E-state index is 0.557. The average Bonchev–Trinajstić information content (AvgIpc) is 3.01. The molecule has 0 aliphatic carbocycles. The molecule has 2 aromatic heterocycles. The summed E-state index contributed by atoms with van der Waals surface area (Å²) < 4.78 is 1.99. The molecule has 4 nitrogen and oxygen atoms in total. The van der Waals surface area contributed by atoms with E-state index in [0.29, 0.717) is 6.04 Å². The number of nitrogens with zero attached hydrogens (tertiary/aromatic N) is 3. The van der Waals surface area contributed by atoms with Crippen LogP contribution >= 0.6 is 11.8 Å². The molecular weight excluding hydrogens is 244 g/mol. The van der Waals surface area contributed by atoms with Crippen molar-refractivity contribution in [2.24, 2.45) is 0 Å². The first-order valence-electron chi connectivity index (χ1n) is 6.14. The summed E-state index contributed by atoms with van der Waals surface area (Å²) in [7, 11) is 0. The smallest absolute Gasteiger partial charge is 0.140 e. The zero-order chi connectivity index (χ0) is 12.4. The van der Waals surface area contributed by atoms with Gasteiger partial charge in [-0.2, -0.15) is 11.8 Å². The van der Waals surface area contributed by atoms with Gasteiger partial charge in [0.2, 0.25) is 0 Å². The number of rotatable bonds is 3. The van der Waals surface area contributed by atoms with Crippen LogP contribution in [0.2, 0.25) is 0 Å². The molecule has 0 bridgehead atoms. The molecule has 0 saturated carbocycles. The second-order valence-corrected chi connectivity index (χ2v) is 5.58. The van der Waals surface area contributed by atoms with Crippen LogP contribution in [-0.4, -0.2) is 32.1 Å². The number of aryl methyl sites for hydroxylation is 1. The van der Waals surface area contributed by atoms with Crippen LogP contribution in [0.3, 0.4) is 0 Å². The molecule has 1 fully saturated rings. The molecule has 0 radical (unpaired) electrons. The van der Waals surface area contributed by atoms with Crippen molar-refractivity contribution in [3.05, 3.63) is 36.4 Å². The van der Waals surface area contributed by atoms with Crippen LogP contribution in [0.4, 0.5) is 5.82 Å². The fourth-order valence-electron chi connectivity index (χ4n) is 2.12. The van der Waals surface area contributed by atoms with E-state index in [4.69, 9.17) is 0 Å². The summed E-state index contributed by atoms with van der Waals surface area (Å²) >= 11 is 2.00. The molecule has 0 aromatic carbocycles. The molecule has 94 valence electrons. The molecule has 0 amide bonds. The molecule has 3 rings (SSSR count). The van der Waals surface area contributed by atoms with Gasteiger partial charge in [0.25, 0.3) is 0 Å². The predicted molar refractivity (Wildman–Crippen MR) is 75.4 cm³/mol. The fraction of sp³-hybridized carbons (Fsp3) is 0.385. The maximum absolute atomic E-state index is 4.64. The maximum Gasteiger partial charge on any atom is 0.140 e. The van der Waals surface area contributed by atoms with Gasteiger partial charge in [-0.25, -0.2) is 9.97 Å². The number of hydrogen-bond acceptors (Lipinski definition) is 4. The number of aromatic nitrogens is 3. The van der Waals surface area contributed by atoms with E-state index in [-0.39, 0.29) is 0 Å². The Morgan fingerprint density at radius 1 is 1.44 bits per heavy atom. The fourth-order valence-corrected chi connectivity index (χ4v) is 3.27. The molecule has 1 N–H and O–H groups in total. The number of nitrogens with one attached hydrogen (secondary N) is 1. The van der Waals surface area contributed by atoms with Gasteiger partial charge in [-0.05, 0) is 31.2 Å². The van der Waals surface area contributed by atoms with Crippen molar-refractivity contribution >= 4 is 17.6 Å². The Balaban J connectivity index is 1.82. The Morgan fingerprint density at radius 2 is 2.39 bits per heavy atom. The lowest BCUT2D eigenvalue weighted by Gasteiger charge is -2.13. The van der Waals surface area contributed by atoms with Crippen LogP contribution in [0.15, 0.2) is 30.6 Å². The van der Waals surface area contributed by atoms with Gasteiger partial charge in [-0.3, -0.25) is 4.57 Å². The molecule has 1 saturated heterocycles. The van der Waals surface area contributed by atoms with Crippen LogP contribution in [0.5, 0.6) is 0 Å². The van der Waals surface area contributed by atoms with Crippen LogP contribution in [0, 0.1) is 6.92 Å². The SMILES string of the molecule is Cc1nccn1-c1cccc(NC2CCSC2)n1. The highest BCUT2D eigenvalue weighted by atomic mass is 32.2. The van der Waals surface area contributed by atoms with Gasteiger partial charge in [-0.1, -0.05) is 6.07 Å². The second kappa shape index (κ2) is 5.02. The molecule has 5 heteroatoms. The van der Waals surface area contributed by atoms with Crippen LogP contribution in [0.25, 0.3) is 5.82 Å². The summed E-state index contributed by atoms with van der Waals surface area (Å²) in [6.07, 6.45) is 4.96. The van der Waals surface area contributed by atoms with E-state index in [1.54, 1.807) is 6.20 Å². The Hall–Kier alpha value is -1.49. The number of thioether (sulfide) groups is 1. The van der Waals surface area contributed by atoms with Crippen molar-refractivity contribution in [3.8, 4) is 5.82 Å². The summed E-state index contributed by atoms with van der Waals surface area (Å²) in [6.45, 7) is 1.98. The van der Waals surface area contributed by atoms with Crippen molar-refractivity contribution in [2.75, 3.05) is 16.8 Å². The van der Waals surface area contributed by atoms with Gasteiger partial charge in [0, 0.05) is 24.2 Å². The molecule has 18 heavy (non-hydrogen) atoms. The quantitative estimate of drug-likeness (QED) is 0.920. The van der Waals surface area contributed by atoms with E-state index >= 15 is 0 Å². The summed E-state index contributed by atoms with van der Waals surface area (Å²) in [5, 5.41) is 3.50. The average molecular weight is 260 g/mol. The third-order valence-corrected chi connectivity index (χ3v) is 4.25. The lowest BCUT2D eigenvalue weighted by molar-refractivity contribution is 0.804. The van der Waals surface area contributed by atoms with E-state index in [0.717, 1.165) is 17.5 Å². The number of anilines is 1. The van der Waals surface area contributed by atoms with Crippen molar-refractivity contribution in [3.63, 3.8) is 0 Å². The minimum Gasteiger partial charge on any atom is -0.366 e. The largest absolute Gasteiger partial charge is 0.366 e. The van der Waals surface area contributed by atoms with Crippen LogP contribution in [-0.2, 0) is 0 Å². The monoisotopic (exact) mass is 260 g/mol. The first-order chi connectivity index (χ1) is 8.83. The van der Waals surface area contributed by atoms with E-state index in [9.17, 15) is 0 Å². The van der Waals surface area contributed by atoms with Gasteiger partial charge in [0.1, 0.15) is 17.5 Å². The maximum atomic E-state index is 4.64. The van der Waals surface area contributed by atoms with Crippen molar-refractivity contribution in [1.29, 1.82) is 0 Å². The predicted octanol–water partition coefficient (Wildman–Crippen LogP) is 2.49. The Kier molecular flexibility index (Phi) is 3.23. The van der Waals surface area contributed by atoms with E-state index < -0.39 is 0 Å². The Bertz CT molecular complexity index is 531. The van der Waals surface area contributed by atoms with E-state index in [1.165, 1.54) is 17.9 Å². The lowest BCUT2D eigenvalue weighted by Crippen LogP contribution is -2.19. The van der Waals surface area contributed by atoms with Crippen molar-refractivity contribution < 1.29 is 0 Å². The number of imidazole rings is 1. The highest BCUT2D eigenvalue weighted by Gasteiger charge is 2.15. The van der Waals surface area contributed by atoms with Gasteiger partial charge in [0.05, 0.1) is 0 Å². The van der Waals surface area contributed by atoms with Gasteiger partial charge < -0.3 is 5.32 Å². The van der Waals surface area contributed by atoms with Crippen molar-refractivity contribution in [1.82, 2.24) is 14.5 Å². The first kappa shape index (κ1) is 11.6. The van der Waals surface area contributed by atoms with Crippen LogP contribution < -0.4 is 5.32 Å². The highest BCUT2D eigenvalue weighted by Crippen LogP contribution is 2.21. The zero-order valence-corrected chi connectivity index (χ0v) is 11.2. The van der Waals surface area contributed by atoms with E-state index in [2.05, 4.69) is 15.3 Å². The van der Waals surface area contributed by atoms with Gasteiger partial charge in [-0.15, -0.1) is 0 Å². The van der Waals surface area contributed by atoms with Gasteiger partial charge in [0.15, 0.2) is 0 Å². The van der Waals surface area contributed by atoms with Crippen LogP contribution in [0.1, 0.15) is 12.2 Å². The topological polar surface area (TPSA) is 42.7 Å². The third-order valence-electron chi connectivity index (χ3n) is 3.09. The highest BCUT2D eigenvalue weighted by molar-refractivity contribution is 7.99. The summed E-state index contributed by atoms with van der Waals surface area (Å²) in [4.78, 5) is 8.87.